The van der Waals surface area contributed by atoms with Crippen molar-refractivity contribution in [2.75, 3.05) is 6.61 Å². The fourth-order valence-corrected chi connectivity index (χ4v) is 2.15. The van der Waals surface area contributed by atoms with Crippen LogP contribution in [0.1, 0.15) is 18.1 Å². The molecular weight excluding hydrogens is 376 g/mol. The number of ether oxygens (including phenoxy) is 1. The number of phenols is 2. The average Bonchev–Trinajstić information content (AvgIpc) is 2.56. The lowest BCUT2D eigenvalue weighted by molar-refractivity contribution is -0.123. The molecule has 0 heterocycles. The van der Waals surface area contributed by atoms with E-state index >= 15 is 0 Å². The second-order valence-corrected chi connectivity index (χ2v) is 5.99. The normalized spacial score (nSPS) is 11.2. The van der Waals surface area contributed by atoms with Gasteiger partial charge in [0.05, 0.1) is 5.71 Å². The predicted octanol–water partition coefficient (Wildman–Crippen LogP) is 3.09. The van der Waals surface area contributed by atoms with Crippen molar-refractivity contribution in [3.63, 3.8) is 0 Å². The smallest absolute Gasteiger partial charge is 0.277 e. The van der Waals surface area contributed by atoms with E-state index < -0.39 is 5.91 Å². The molecule has 2 aromatic carbocycles. The Morgan fingerprint density at radius 2 is 2.00 bits per heavy atom. The minimum atomic E-state index is -0.436. The van der Waals surface area contributed by atoms with Crippen LogP contribution in [-0.4, -0.2) is 28.4 Å². The average molecular weight is 393 g/mol. The van der Waals surface area contributed by atoms with Gasteiger partial charge in [-0.05, 0) is 55.8 Å². The molecule has 0 fully saturated rings. The molecule has 0 spiro atoms. The molecule has 0 aliphatic heterocycles. The number of rotatable bonds is 5. The molecule has 24 heavy (non-hydrogen) atoms. The molecule has 0 unspecified atom stereocenters. The predicted molar refractivity (Wildman–Crippen MR) is 94.5 cm³/mol. The van der Waals surface area contributed by atoms with Crippen LogP contribution in [0.15, 0.2) is 46.0 Å². The zero-order valence-corrected chi connectivity index (χ0v) is 14.8. The summed E-state index contributed by atoms with van der Waals surface area (Å²) >= 11 is 3.39. The second-order valence-electron chi connectivity index (χ2n) is 5.13. The van der Waals surface area contributed by atoms with Crippen molar-refractivity contribution in [3.05, 3.63) is 52.0 Å². The molecule has 0 aromatic heterocycles. The molecule has 2 aromatic rings. The van der Waals surface area contributed by atoms with Gasteiger partial charge in [-0.25, -0.2) is 5.43 Å². The van der Waals surface area contributed by atoms with E-state index in [-0.39, 0.29) is 18.1 Å². The third-order valence-electron chi connectivity index (χ3n) is 3.22. The Morgan fingerprint density at radius 1 is 1.25 bits per heavy atom. The largest absolute Gasteiger partial charge is 0.508 e. The number of carbonyl (C=O) groups excluding carboxylic acids is 1. The standard InChI is InChI=1S/C17H17BrN2O4/c1-10-7-13(4-5-15(10)18)24-9-17(23)20-19-11(2)14-8-12(21)3-6-16(14)22/h3-8,21-22H,9H2,1-2H3,(H,20,23)/b19-11-. The molecule has 0 aliphatic rings. The molecule has 0 bridgehead atoms. The minimum Gasteiger partial charge on any atom is -0.508 e. The maximum absolute atomic E-state index is 11.8. The Bertz CT molecular complexity index is 790. The number of phenolic OH excluding ortho intramolecular Hbond substituents is 2. The number of hydrazone groups is 1. The van der Waals surface area contributed by atoms with Crippen LogP contribution in [0.3, 0.4) is 0 Å². The zero-order chi connectivity index (χ0) is 17.7. The monoisotopic (exact) mass is 392 g/mol. The fourth-order valence-electron chi connectivity index (χ4n) is 1.91. The lowest BCUT2D eigenvalue weighted by Gasteiger charge is -2.08. The van der Waals surface area contributed by atoms with Gasteiger partial charge in [0, 0.05) is 10.0 Å². The van der Waals surface area contributed by atoms with E-state index in [4.69, 9.17) is 4.74 Å². The van der Waals surface area contributed by atoms with Gasteiger partial charge in [0.1, 0.15) is 17.2 Å². The highest BCUT2D eigenvalue weighted by atomic mass is 79.9. The first kappa shape index (κ1) is 17.8. The number of hydrogen-bond acceptors (Lipinski definition) is 5. The van der Waals surface area contributed by atoms with Crippen LogP contribution in [0.2, 0.25) is 0 Å². The van der Waals surface area contributed by atoms with E-state index in [1.165, 1.54) is 18.2 Å². The van der Waals surface area contributed by atoms with Crippen molar-refractivity contribution in [1.29, 1.82) is 0 Å². The number of hydrogen-bond donors (Lipinski definition) is 3. The Labute approximate surface area is 147 Å². The molecule has 0 saturated heterocycles. The van der Waals surface area contributed by atoms with Crippen molar-refractivity contribution in [1.82, 2.24) is 5.43 Å². The highest BCUT2D eigenvalue weighted by molar-refractivity contribution is 9.10. The molecule has 0 radical (unpaired) electrons. The lowest BCUT2D eigenvalue weighted by Crippen LogP contribution is -2.25. The van der Waals surface area contributed by atoms with Gasteiger partial charge >= 0.3 is 0 Å². The highest BCUT2D eigenvalue weighted by Gasteiger charge is 2.08. The van der Waals surface area contributed by atoms with Gasteiger partial charge in [0.2, 0.25) is 0 Å². The molecule has 126 valence electrons. The summed E-state index contributed by atoms with van der Waals surface area (Å²) in [4.78, 5) is 11.8. The summed E-state index contributed by atoms with van der Waals surface area (Å²) in [5.41, 5.74) is 4.04. The number of aromatic hydroxyl groups is 2. The number of halogens is 1. The van der Waals surface area contributed by atoms with Crippen LogP contribution in [0, 0.1) is 6.92 Å². The Hall–Kier alpha value is -2.54. The fraction of sp³-hybridized carbons (Fsp3) is 0.176. The van der Waals surface area contributed by atoms with Gasteiger partial charge in [-0.1, -0.05) is 15.9 Å². The second kappa shape index (κ2) is 7.83. The number of aryl methyl sites for hydroxylation is 1. The maximum Gasteiger partial charge on any atom is 0.277 e. The van der Waals surface area contributed by atoms with Crippen LogP contribution in [0.25, 0.3) is 0 Å². The molecular formula is C17H17BrN2O4. The quantitative estimate of drug-likeness (QED) is 0.414. The maximum atomic E-state index is 11.8. The molecule has 7 heteroatoms. The van der Waals surface area contributed by atoms with Crippen LogP contribution in [0.4, 0.5) is 0 Å². The van der Waals surface area contributed by atoms with E-state index in [9.17, 15) is 15.0 Å². The SMILES string of the molecule is C/C(=N/NC(=O)COc1ccc(Br)c(C)c1)c1cc(O)ccc1O. The zero-order valence-electron chi connectivity index (χ0n) is 13.2. The van der Waals surface area contributed by atoms with E-state index in [1.807, 2.05) is 19.1 Å². The Morgan fingerprint density at radius 3 is 2.71 bits per heavy atom. The van der Waals surface area contributed by atoms with Crippen LogP contribution >= 0.6 is 15.9 Å². The number of benzene rings is 2. The van der Waals surface area contributed by atoms with Crippen molar-refractivity contribution in [2.45, 2.75) is 13.8 Å². The molecule has 1 amide bonds. The summed E-state index contributed by atoms with van der Waals surface area (Å²) in [5, 5.41) is 23.1. The lowest BCUT2D eigenvalue weighted by atomic mass is 10.1. The van der Waals surface area contributed by atoms with Gasteiger partial charge in [-0.2, -0.15) is 5.10 Å². The first-order valence-electron chi connectivity index (χ1n) is 7.11. The first-order valence-corrected chi connectivity index (χ1v) is 7.90. The van der Waals surface area contributed by atoms with Gasteiger partial charge in [-0.15, -0.1) is 0 Å². The number of amides is 1. The van der Waals surface area contributed by atoms with Gasteiger partial charge < -0.3 is 14.9 Å². The molecule has 0 saturated carbocycles. The van der Waals surface area contributed by atoms with E-state index in [2.05, 4.69) is 26.5 Å². The van der Waals surface area contributed by atoms with Gasteiger partial charge in [0.15, 0.2) is 6.61 Å². The third-order valence-corrected chi connectivity index (χ3v) is 4.11. The topological polar surface area (TPSA) is 91.2 Å². The van der Waals surface area contributed by atoms with E-state index in [0.717, 1.165) is 10.0 Å². The van der Waals surface area contributed by atoms with E-state index in [1.54, 1.807) is 13.0 Å². The highest BCUT2D eigenvalue weighted by Crippen LogP contribution is 2.23. The van der Waals surface area contributed by atoms with Crippen molar-refractivity contribution in [3.8, 4) is 17.2 Å². The summed E-state index contributed by atoms with van der Waals surface area (Å²) < 4.78 is 6.36. The molecule has 0 atom stereocenters. The van der Waals surface area contributed by atoms with Crippen LogP contribution in [-0.2, 0) is 4.79 Å². The van der Waals surface area contributed by atoms with E-state index in [0.29, 0.717) is 17.0 Å². The third kappa shape index (κ3) is 4.73. The molecule has 0 aliphatic carbocycles. The molecule has 2 rings (SSSR count). The van der Waals surface area contributed by atoms with Crippen LogP contribution in [0.5, 0.6) is 17.2 Å². The number of carbonyl (C=O) groups is 1. The molecule has 6 nitrogen and oxygen atoms in total. The Kier molecular flexibility index (Phi) is 5.81. The van der Waals surface area contributed by atoms with Gasteiger partial charge in [-0.3, -0.25) is 4.79 Å². The summed E-state index contributed by atoms with van der Waals surface area (Å²) in [5.74, 6) is 0.106. The summed E-state index contributed by atoms with van der Waals surface area (Å²) in [6, 6.07) is 9.49. The van der Waals surface area contributed by atoms with Crippen molar-refractivity contribution >= 4 is 27.5 Å². The summed E-state index contributed by atoms with van der Waals surface area (Å²) in [7, 11) is 0. The first-order chi connectivity index (χ1) is 11.4. The van der Waals surface area contributed by atoms with Crippen molar-refractivity contribution in [2.24, 2.45) is 5.10 Å². The summed E-state index contributed by atoms with van der Waals surface area (Å²) in [6.45, 7) is 3.34. The minimum absolute atomic E-state index is 0.00221. The van der Waals surface area contributed by atoms with Crippen molar-refractivity contribution < 1.29 is 19.7 Å². The number of nitrogens with one attached hydrogen (secondary N) is 1. The Balaban J connectivity index is 1.94. The molecule has 3 N–H and O–H groups in total. The van der Waals surface area contributed by atoms with Crippen LogP contribution < -0.4 is 10.2 Å². The number of nitrogens with zero attached hydrogens (tertiary/aromatic N) is 1. The van der Waals surface area contributed by atoms with Gasteiger partial charge in [0.25, 0.3) is 5.91 Å². The summed E-state index contributed by atoms with van der Waals surface area (Å²) in [6.07, 6.45) is 0.